The van der Waals surface area contributed by atoms with E-state index < -0.39 is 35.5 Å². The fourth-order valence-electron chi connectivity index (χ4n) is 1.63. The minimum atomic E-state index is -5.11. The molecule has 0 fully saturated rings. The van der Waals surface area contributed by atoms with Crippen molar-refractivity contribution in [2.75, 3.05) is 0 Å². The zero-order valence-electron chi connectivity index (χ0n) is 10.6. The van der Waals surface area contributed by atoms with E-state index in [1.165, 1.54) is 17.4 Å². The number of ketones is 2. The number of aromatic nitrogens is 1. The number of carbonyl (C=O) groups is 2. The quantitative estimate of drug-likeness (QED) is 0.307. The molecule has 0 unspecified atom stereocenters. The Morgan fingerprint density at radius 3 is 2.45 bits per heavy atom. The lowest BCUT2D eigenvalue weighted by Gasteiger charge is -2.06. The van der Waals surface area contributed by atoms with E-state index in [2.05, 4.69) is 4.98 Å². The molecule has 9 heteroatoms. The van der Waals surface area contributed by atoms with Gasteiger partial charge in [-0.3, -0.25) is 9.59 Å². The topological polar surface area (TPSA) is 47.0 Å². The van der Waals surface area contributed by atoms with Gasteiger partial charge in [-0.15, -0.1) is 11.3 Å². The fraction of sp³-hybridized carbons (Fsp3) is 0.154. The minimum Gasteiger partial charge on any atom is -0.294 e. The third-order valence-corrected chi connectivity index (χ3v) is 4.31. The van der Waals surface area contributed by atoms with Crippen LogP contribution in [0.4, 0.5) is 17.6 Å². The zero-order chi connectivity index (χ0) is 16.5. The van der Waals surface area contributed by atoms with Gasteiger partial charge in [0.05, 0.1) is 17.7 Å². The molecule has 0 aliphatic carbocycles. The summed E-state index contributed by atoms with van der Waals surface area (Å²) in [6, 6.07) is 3.44. The van der Waals surface area contributed by atoms with Crippen LogP contribution in [0.3, 0.4) is 0 Å². The number of halogens is 5. The smallest absolute Gasteiger partial charge is 0.294 e. The molecular formula is C13H6F4INO2S. The second-order valence-corrected chi connectivity index (χ2v) is 6.81. The fourth-order valence-corrected chi connectivity index (χ4v) is 2.82. The molecular weight excluding hydrogens is 437 g/mol. The number of nitrogens with zero attached hydrogens (tertiary/aromatic N) is 1. The lowest BCUT2D eigenvalue weighted by atomic mass is 10.0. The van der Waals surface area contributed by atoms with Gasteiger partial charge >= 0.3 is 6.18 Å². The number of carbonyl (C=O) groups excluding carboxylic acids is 2. The van der Waals surface area contributed by atoms with E-state index >= 15 is 0 Å². The number of benzene rings is 1. The third kappa shape index (κ3) is 3.88. The number of hydrogen-bond donors (Lipinski definition) is 0. The van der Waals surface area contributed by atoms with Crippen LogP contribution in [0.1, 0.15) is 16.8 Å². The number of Topliss-reactive ketones (excluding diaryl/α,β-unsaturated/α-hetero) is 2. The Kier molecular flexibility index (Phi) is 4.95. The lowest BCUT2D eigenvalue weighted by Crippen LogP contribution is -2.25. The van der Waals surface area contributed by atoms with Crippen LogP contribution in [0.15, 0.2) is 23.6 Å². The highest BCUT2D eigenvalue weighted by Crippen LogP contribution is 2.26. The van der Waals surface area contributed by atoms with Crippen LogP contribution < -0.4 is 0 Å². The summed E-state index contributed by atoms with van der Waals surface area (Å²) < 4.78 is 51.0. The van der Waals surface area contributed by atoms with E-state index in [4.69, 9.17) is 0 Å². The van der Waals surface area contributed by atoms with Gasteiger partial charge in [-0.05, 0) is 34.7 Å². The minimum absolute atomic E-state index is 0.398. The van der Waals surface area contributed by atoms with Gasteiger partial charge in [0, 0.05) is 10.9 Å². The normalized spacial score (nSPS) is 11.5. The van der Waals surface area contributed by atoms with E-state index in [0.29, 0.717) is 11.3 Å². The maximum absolute atomic E-state index is 13.9. The maximum atomic E-state index is 13.9. The summed E-state index contributed by atoms with van der Waals surface area (Å²) in [7, 11) is 0. The summed E-state index contributed by atoms with van der Waals surface area (Å²) in [5.74, 6) is -4.39. The van der Waals surface area contributed by atoms with Crippen molar-refractivity contribution in [3.05, 3.63) is 38.0 Å². The van der Waals surface area contributed by atoms with Crippen molar-refractivity contribution in [3.63, 3.8) is 0 Å². The van der Waals surface area contributed by atoms with Gasteiger partial charge in [0.25, 0.3) is 0 Å². The molecule has 1 heterocycles. The van der Waals surface area contributed by atoms with Crippen molar-refractivity contribution < 1.29 is 27.2 Å². The third-order valence-electron chi connectivity index (χ3n) is 2.68. The molecule has 0 aliphatic rings. The summed E-state index contributed by atoms with van der Waals surface area (Å²) in [4.78, 5) is 26.5. The molecule has 0 atom stereocenters. The Hall–Kier alpha value is -1.36. The van der Waals surface area contributed by atoms with Crippen LogP contribution in [0.5, 0.6) is 0 Å². The van der Waals surface area contributed by atoms with Crippen molar-refractivity contribution >= 4 is 45.5 Å². The molecule has 0 saturated carbocycles. The molecule has 0 aliphatic heterocycles. The van der Waals surface area contributed by atoms with E-state index in [9.17, 15) is 27.2 Å². The Balaban J connectivity index is 2.23. The van der Waals surface area contributed by atoms with E-state index in [-0.39, 0.29) is 0 Å². The van der Waals surface area contributed by atoms with Crippen LogP contribution in [0.2, 0.25) is 0 Å². The molecule has 0 amide bonds. The second kappa shape index (κ2) is 6.41. The average molecular weight is 443 g/mol. The number of thiazole rings is 1. The Labute approximate surface area is 139 Å². The molecule has 2 aromatic rings. The van der Waals surface area contributed by atoms with Gasteiger partial charge in [0.2, 0.25) is 5.78 Å². The van der Waals surface area contributed by atoms with Crippen LogP contribution in [-0.4, -0.2) is 22.7 Å². The first kappa shape index (κ1) is 17.0. The van der Waals surface area contributed by atoms with Crippen molar-refractivity contribution in [2.24, 2.45) is 0 Å². The largest absolute Gasteiger partial charge is 0.450 e. The van der Waals surface area contributed by atoms with Crippen LogP contribution in [-0.2, 0) is 4.79 Å². The van der Waals surface area contributed by atoms with Crippen molar-refractivity contribution in [1.29, 1.82) is 0 Å². The van der Waals surface area contributed by atoms with Crippen LogP contribution >= 0.6 is 33.9 Å². The van der Waals surface area contributed by atoms with Crippen LogP contribution in [0.25, 0.3) is 11.3 Å². The lowest BCUT2D eigenvalue weighted by molar-refractivity contribution is -0.170. The van der Waals surface area contributed by atoms with Crippen molar-refractivity contribution in [2.45, 2.75) is 12.6 Å². The number of hydrogen-bond acceptors (Lipinski definition) is 4. The van der Waals surface area contributed by atoms with Gasteiger partial charge in [-0.1, -0.05) is 6.07 Å². The second-order valence-electron chi connectivity index (χ2n) is 4.20. The van der Waals surface area contributed by atoms with Gasteiger partial charge in [-0.2, -0.15) is 13.2 Å². The van der Waals surface area contributed by atoms with Gasteiger partial charge < -0.3 is 0 Å². The maximum Gasteiger partial charge on any atom is 0.450 e. The molecule has 0 bridgehead atoms. The molecule has 22 heavy (non-hydrogen) atoms. The molecule has 3 nitrogen and oxygen atoms in total. The Morgan fingerprint density at radius 1 is 1.27 bits per heavy atom. The zero-order valence-corrected chi connectivity index (χ0v) is 13.6. The van der Waals surface area contributed by atoms with Gasteiger partial charge in [0.1, 0.15) is 5.82 Å². The summed E-state index contributed by atoms with van der Waals surface area (Å²) in [6.45, 7) is 0. The first-order valence-corrected chi connectivity index (χ1v) is 7.68. The highest BCUT2D eigenvalue weighted by molar-refractivity contribution is 14.1. The first-order chi connectivity index (χ1) is 10.2. The highest BCUT2D eigenvalue weighted by atomic mass is 127. The van der Waals surface area contributed by atoms with E-state index in [1.54, 1.807) is 5.38 Å². The van der Waals surface area contributed by atoms with Crippen LogP contribution in [0, 0.1) is 8.83 Å². The van der Waals surface area contributed by atoms with E-state index in [0.717, 1.165) is 15.1 Å². The first-order valence-electron chi connectivity index (χ1n) is 5.72. The van der Waals surface area contributed by atoms with E-state index in [1.807, 2.05) is 22.6 Å². The monoisotopic (exact) mass is 443 g/mol. The molecule has 116 valence electrons. The summed E-state index contributed by atoms with van der Waals surface area (Å²) in [6.07, 6.45) is -6.52. The molecule has 0 radical (unpaired) electrons. The predicted octanol–water partition coefficient (Wildman–Crippen LogP) is 4.26. The number of rotatable bonds is 4. The predicted molar refractivity (Wildman–Crippen MR) is 80.2 cm³/mol. The molecule has 0 saturated heterocycles. The molecule has 0 N–H and O–H groups in total. The summed E-state index contributed by atoms with van der Waals surface area (Å²) in [5.41, 5.74) is 0.348. The van der Waals surface area contributed by atoms with Gasteiger partial charge in [-0.25, -0.2) is 9.37 Å². The Bertz CT molecular complexity index is 742. The van der Waals surface area contributed by atoms with Crippen molar-refractivity contribution in [3.8, 4) is 11.3 Å². The number of alkyl halides is 3. The Morgan fingerprint density at radius 2 is 1.95 bits per heavy atom. The summed E-state index contributed by atoms with van der Waals surface area (Å²) >= 11 is 3.33. The highest BCUT2D eigenvalue weighted by Gasteiger charge is 2.39. The standard InChI is InChI=1S/C13H6F4INO2S/c14-8-3-6(9-5-22-12(18)19-9)1-2-7(8)10(20)4-11(21)13(15,16)17/h1-3,5H,4H2. The molecule has 2 rings (SSSR count). The molecule has 0 spiro atoms. The van der Waals surface area contributed by atoms with Crippen molar-refractivity contribution in [1.82, 2.24) is 4.98 Å². The van der Waals surface area contributed by atoms with Gasteiger partial charge in [0.15, 0.2) is 8.80 Å². The average Bonchev–Trinajstić information content (AvgIpc) is 2.84. The molecule has 1 aromatic carbocycles. The summed E-state index contributed by atoms with van der Waals surface area (Å²) in [5, 5.41) is 1.69. The molecule has 1 aromatic heterocycles. The SMILES string of the molecule is O=C(CC(=O)C(F)(F)F)c1ccc(-c2csc(I)n2)cc1F.